The van der Waals surface area contributed by atoms with Crippen LogP contribution in [-0.2, 0) is 0 Å². The molecule has 0 saturated heterocycles. The Morgan fingerprint density at radius 3 is 2.88 bits per heavy atom. The van der Waals surface area contributed by atoms with Crippen molar-refractivity contribution in [3.8, 4) is 11.4 Å². The van der Waals surface area contributed by atoms with Crippen molar-refractivity contribution in [1.82, 2.24) is 9.97 Å². The Morgan fingerprint density at radius 1 is 1.19 bits per heavy atom. The molecular weight excluding hydrogens is 205 g/mol. The van der Waals surface area contributed by atoms with Gasteiger partial charge in [-0.25, -0.2) is 14.4 Å². The first-order chi connectivity index (χ1) is 7.84. The summed E-state index contributed by atoms with van der Waals surface area (Å²) >= 11 is 0. The number of nitrogens with zero attached hydrogens (tertiary/aromatic N) is 1. The van der Waals surface area contributed by atoms with Gasteiger partial charge in [0.15, 0.2) is 12.4 Å². The average Bonchev–Trinajstić information content (AvgIpc) is 2.73. The van der Waals surface area contributed by atoms with Gasteiger partial charge in [0.05, 0.1) is 5.56 Å². The predicted molar refractivity (Wildman–Crippen MR) is 58.0 cm³/mol. The zero-order valence-corrected chi connectivity index (χ0v) is 8.37. The highest BCUT2D eigenvalue weighted by Crippen LogP contribution is 2.21. The fourth-order valence-corrected chi connectivity index (χ4v) is 1.68. The summed E-state index contributed by atoms with van der Waals surface area (Å²) in [5, 5.41) is 0. The minimum Gasteiger partial charge on any atom is -0.333 e. The van der Waals surface area contributed by atoms with Crippen LogP contribution in [0.1, 0.15) is 0 Å². The summed E-state index contributed by atoms with van der Waals surface area (Å²) in [6.45, 7) is 0. The number of aromatic nitrogens is 3. The largest absolute Gasteiger partial charge is 0.333 e. The van der Waals surface area contributed by atoms with Crippen LogP contribution in [0.5, 0.6) is 0 Å². The molecule has 3 rings (SSSR count). The zero-order valence-electron chi connectivity index (χ0n) is 8.37. The van der Waals surface area contributed by atoms with Crippen molar-refractivity contribution in [2.45, 2.75) is 0 Å². The molecule has 0 bridgehead atoms. The molecule has 0 aliphatic rings. The van der Waals surface area contributed by atoms with E-state index in [4.69, 9.17) is 0 Å². The molecule has 3 nitrogen and oxygen atoms in total. The van der Waals surface area contributed by atoms with Crippen molar-refractivity contribution in [3.63, 3.8) is 0 Å². The molecule has 0 radical (unpaired) electrons. The van der Waals surface area contributed by atoms with Crippen molar-refractivity contribution < 1.29 is 9.37 Å². The number of hydrogen-bond acceptors (Lipinski definition) is 1. The SMILES string of the molecule is Fc1ccccc1-c1nc2cc[nH+]cc2[nH]1. The minimum absolute atomic E-state index is 0.273. The predicted octanol–water partition coefficient (Wildman–Crippen LogP) is 2.18. The molecular formula is C12H9FN3+. The third-order valence-corrected chi connectivity index (χ3v) is 2.46. The standard InChI is InChI=1S/C12H8FN3/c13-9-4-2-1-3-8(9)12-15-10-5-6-14-7-11(10)16-12/h1-7H,(H,15,16)/p+1. The highest BCUT2D eigenvalue weighted by Gasteiger charge is 2.09. The Hall–Kier alpha value is -2.23. The quantitative estimate of drug-likeness (QED) is 0.662. The molecule has 0 aliphatic carbocycles. The Balaban J connectivity index is 2.23. The smallest absolute Gasteiger partial charge is 0.193 e. The van der Waals surface area contributed by atoms with Crippen molar-refractivity contribution in [1.29, 1.82) is 0 Å². The van der Waals surface area contributed by atoms with E-state index in [-0.39, 0.29) is 5.82 Å². The molecule has 0 saturated carbocycles. The van der Waals surface area contributed by atoms with E-state index >= 15 is 0 Å². The van der Waals surface area contributed by atoms with E-state index in [1.807, 2.05) is 6.07 Å². The maximum absolute atomic E-state index is 13.5. The van der Waals surface area contributed by atoms with Crippen molar-refractivity contribution in [2.75, 3.05) is 0 Å². The number of benzene rings is 1. The molecule has 0 unspecified atom stereocenters. The molecule has 2 heterocycles. The van der Waals surface area contributed by atoms with E-state index in [1.54, 1.807) is 30.6 Å². The van der Waals surface area contributed by atoms with Crippen LogP contribution < -0.4 is 4.98 Å². The Morgan fingerprint density at radius 2 is 2.06 bits per heavy atom. The maximum Gasteiger partial charge on any atom is 0.193 e. The van der Waals surface area contributed by atoms with E-state index in [1.165, 1.54) is 6.07 Å². The van der Waals surface area contributed by atoms with Crippen LogP contribution in [0.2, 0.25) is 0 Å². The van der Waals surface area contributed by atoms with Crippen LogP contribution in [-0.4, -0.2) is 9.97 Å². The van der Waals surface area contributed by atoms with E-state index in [9.17, 15) is 4.39 Å². The molecule has 78 valence electrons. The summed E-state index contributed by atoms with van der Waals surface area (Å²) < 4.78 is 13.5. The lowest BCUT2D eigenvalue weighted by molar-refractivity contribution is -0.376. The van der Waals surface area contributed by atoms with Gasteiger partial charge in [-0.3, -0.25) is 0 Å². The molecule has 2 aromatic heterocycles. The normalized spacial score (nSPS) is 10.8. The molecule has 1 aromatic carbocycles. The van der Waals surface area contributed by atoms with Crippen LogP contribution in [0.15, 0.2) is 42.7 Å². The highest BCUT2D eigenvalue weighted by molar-refractivity contribution is 5.77. The fraction of sp³-hybridized carbons (Fsp3) is 0. The van der Waals surface area contributed by atoms with E-state index in [0.29, 0.717) is 11.4 Å². The van der Waals surface area contributed by atoms with Gasteiger partial charge in [-0.1, -0.05) is 12.1 Å². The van der Waals surface area contributed by atoms with Gasteiger partial charge in [-0.2, -0.15) is 0 Å². The van der Waals surface area contributed by atoms with Gasteiger partial charge in [0.25, 0.3) is 0 Å². The molecule has 0 aliphatic heterocycles. The van der Waals surface area contributed by atoms with E-state index < -0.39 is 0 Å². The van der Waals surface area contributed by atoms with Gasteiger partial charge in [-0.05, 0) is 12.1 Å². The summed E-state index contributed by atoms with van der Waals surface area (Å²) in [7, 11) is 0. The summed E-state index contributed by atoms with van der Waals surface area (Å²) in [4.78, 5) is 10.3. The van der Waals surface area contributed by atoms with Crippen molar-refractivity contribution in [3.05, 3.63) is 48.5 Å². The lowest BCUT2D eigenvalue weighted by atomic mass is 10.2. The Kier molecular flexibility index (Phi) is 1.93. The van der Waals surface area contributed by atoms with Gasteiger partial charge in [0.2, 0.25) is 0 Å². The fourth-order valence-electron chi connectivity index (χ4n) is 1.68. The first kappa shape index (κ1) is 9.03. The van der Waals surface area contributed by atoms with Crippen molar-refractivity contribution >= 4 is 11.0 Å². The van der Waals surface area contributed by atoms with Gasteiger partial charge < -0.3 is 4.98 Å². The monoisotopic (exact) mass is 214 g/mol. The maximum atomic E-state index is 13.5. The second kappa shape index (κ2) is 3.41. The lowest BCUT2D eigenvalue weighted by Crippen LogP contribution is -1.96. The van der Waals surface area contributed by atoms with Gasteiger partial charge in [0, 0.05) is 6.07 Å². The number of pyridine rings is 1. The summed E-state index contributed by atoms with van der Waals surface area (Å²) in [5.74, 6) is 0.276. The molecule has 2 N–H and O–H groups in total. The number of imidazole rings is 1. The highest BCUT2D eigenvalue weighted by atomic mass is 19.1. The number of hydrogen-bond donors (Lipinski definition) is 1. The first-order valence-corrected chi connectivity index (χ1v) is 4.95. The summed E-state index contributed by atoms with van der Waals surface area (Å²) in [6.07, 6.45) is 3.58. The summed E-state index contributed by atoms with van der Waals surface area (Å²) in [6, 6.07) is 8.43. The summed E-state index contributed by atoms with van der Waals surface area (Å²) in [5.41, 5.74) is 2.16. The van der Waals surface area contributed by atoms with Gasteiger partial charge in [-0.15, -0.1) is 0 Å². The molecule has 4 heteroatoms. The average molecular weight is 214 g/mol. The number of aromatic amines is 2. The van der Waals surface area contributed by atoms with Gasteiger partial charge >= 0.3 is 0 Å². The van der Waals surface area contributed by atoms with Crippen LogP contribution >= 0.6 is 0 Å². The third-order valence-electron chi connectivity index (χ3n) is 2.46. The van der Waals surface area contributed by atoms with Crippen LogP contribution in [0.3, 0.4) is 0 Å². The van der Waals surface area contributed by atoms with Gasteiger partial charge in [0.1, 0.15) is 22.7 Å². The first-order valence-electron chi connectivity index (χ1n) is 4.95. The second-order valence-corrected chi connectivity index (χ2v) is 3.51. The molecule has 0 atom stereocenters. The van der Waals surface area contributed by atoms with Crippen LogP contribution in [0.4, 0.5) is 4.39 Å². The van der Waals surface area contributed by atoms with E-state index in [0.717, 1.165) is 11.0 Å². The zero-order chi connectivity index (χ0) is 11.0. The number of fused-ring (bicyclic) bond motifs is 1. The molecule has 0 fully saturated rings. The second-order valence-electron chi connectivity index (χ2n) is 3.51. The number of halogens is 1. The molecule has 0 amide bonds. The number of nitrogens with one attached hydrogen (secondary N) is 2. The Bertz CT molecular complexity index is 612. The number of rotatable bonds is 1. The molecule has 0 spiro atoms. The van der Waals surface area contributed by atoms with E-state index in [2.05, 4.69) is 15.0 Å². The topological polar surface area (TPSA) is 42.8 Å². The minimum atomic E-state index is -0.273. The third kappa shape index (κ3) is 1.35. The van der Waals surface area contributed by atoms with Crippen LogP contribution in [0.25, 0.3) is 22.4 Å². The molecule has 16 heavy (non-hydrogen) atoms. The molecule has 3 aromatic rings. The Labute approximate surface area is 91.0 Å². The lowest BCUT2D eigenvalue weighted by Gasteiger charge is -1.96. The van der Waals surface area contributed by atoms with Crippen LogP contribution in [0, 0.1) is 5.82 Å². The number of H-pyrrole nitrogens is 2. The van der Waals surface area contributed by atoms with Crippen molar-refractivity contribution in [2.24, 2.45) is 0 Å².